The number of fused-ring (bicyclic) bond motifs is 3. The van der Waals surface area contributed by atoms with Gasteiger partial charge >= 0.3 is 0 Å². The number of hydrogen-bond acceptors (Lipinski definition) is 3. The molecule has 1 unspecified atom stereocenters. The van der Waals surface area contributed by atoms with Crippen LogP contribution in [-0.2, 0) is 6.42 Å². The molecule has 0 aliphatic heterocycles. The predicted octanol–water partition coefficient (Wildman–Crippen LogP) is 5.52. The van der Waals surface area contributed by atoms with Crippen molar-refractivity contribution in [3.63, 3.8) is 0 Å². The summed E-state index contributed by atoms with van der Waals surface area (Å²) < 4.78 is 0. The fourth-order valence-electron chi connectivity index (χ4n) is 3.61. The predicted molar refractivity (Wildman–Crippen MR) is 105 cm³/mol. The summed E-state index contributed by atoms with van der Waals surface area (Å²) in [6, 6.07) is 16.6. The van der Waals surface area contributed by atoms with Gasteiger partial charge < -0.3 is 0 Å². The molecule has 0 bridgehead atoms. The van der Waals surface area contributed by atoms with E-state index in [0.29, 0.717) is 5.95 Å². The zero-order valence-electron chi connectivity index (χ0n) is 14.1. The van der Waals surface area contributed by atoms with E-state index < -0.39 is 0 Å². The van der Waals surface area contributed by atoms with E-state index in [2.05, 4.69) is 52.5 Å². The van der Waals surface area contributed by atoms with Crippen molar-refractivity contribution in [3.8, 4) is 11.3 Å². The molecule has 2 aliphatic rings. The van der Waals surface area contributed by atoms with Crippen molar-refractivity contribution in [2.45, 2.75) is 18.8 Å². The van der Waals surface area contributed by atoms with Crippen molar-refractivity contribution >= 4 is 23.3 Å². The van der Waals surface area contributed by atoms with Gasteiger partial charge in [0, 0.05) is 34.8 Å². The molecule has 126 valence electrons. The summed E-state index contributed by atoms with van der Waals surface area (Å²) in [5.41, 5.74) is 6.93. The number of hydrogen-bond donors (Lipinski definition) is 0. The molecule has 0 radical (unpaired) electrons. The van der Waals surface area contributed by atoms with Crippen LogP contribution in [0.5, 0.6) is 0 Å². The van der Waals surface area contributed by atoms with E-state index in [1.807, 2.05) is 24.4 Å². The first-order chi connectivity index (χ1) is 12.8. The highest BCUT2D eigenvalue weighted by atomic mass is 35.5. The summed E-state index contributed by atoms with van der Waals surface area (Å²) in [6.45, 7) is 0. The number of nitrogens with zero attached hydrogens (tertiary/aromatic N) is 3. The van der Waals surface area contributed by atoms with Crippen LogP contribution in [0.4, 0.5) is 5.95 Å². The summed E-state index contributed by atoms with van der Waals surface area (Å²) in [5, 5.41) is 0.760. The second kappa shape index (κ2) is 6.19. The monoisotopic (exact) mass is 357 g/mol. The normalized spacial score (nSPS) is 19.0. The van der Waals surface area contributed by atoms with Gasteiger partial charge in [0.05, 0.1) is 5.69 Å². The van der Waals surface area contributed by atoms with E-state index in [0.717, 1.165) is 34.8 Å². The Balaban J connectivity index is 1.62. The third kappa shape index (κ3) is 2.65. The lowest BCUT2D eigenvalue weighted by Crippen LogP contribution is -2.14. The highest BCUT2D eigenvalue weighted by Gasteiger charge is 2.27. The van der Waals surface area contributed by atoms with E-state index in [-0.39, 0.29) is 5.92 Å². The zero-order chi connectivity index (χ0) is 17.5. The molecule has 3 aromatic rings. The SMILES string of the molecule is Clc1ccc(C2Cc3cnc(N=C4C=CC4)nc3-c3ccccc32)cc1. The van der Waals surface area contributed by atoms with Crippen LogP contribution in [0, 0.1) is 0 Å². The summed E-state index contributed by atoms with van der Waals surface area (Å²) in [5.74, 6) is 0.828. The van der Waals surface area contributed by atoms with Crippen molar-refractivity contribution < 1.29 is 0 Å². The Morgan fingerprint density at radius 3 is 2.62 bits per heavy atom. The minimum atomic E-state index is 0.284. The first-order valence-electron chi connectivity index (χ1n) is 8.73. The van der Waals surface area contributed by atoms with Crippen LogP contribution in [0.3, 0.4) is 0 Å². The molecule has 1 aromatic heterocycles. The minimum absolute atomic E-state index is 0.284. The number of halogens is 1. The molecule has 2 aliphatic carbocycles. The summed E-state index contributed by atoms with van der Waals surface area (Å²) in [4.78, 5) is 13.8. The van der Waals surface area contributed by atoms with Crippen molar-refractivity contribution in [1.82, 2.24) is 9.97 Å². The van der Waals surface area contributed by atoms with Crippen molar-refractivity contribution in [3.05, 3.63) is 88.6 Å². The molecule has 1 atom stereocenters. The third-order valence-corrected chi connectivity index (χ3v) is 5.27. The number of aromatic nitrogens is 2. The second-order valence-corrected chi connectivity index (χ2v) is 7.09. The van der Waals surface area contributed by atoms with Gasteiger partial charge in [-0.05, 0) is 41.3 Å². The Morgan fingerprint density at radius 1 is 1.04 bits per heavy atom. The van der Waals surface area contributed by atoms with Crippen LogP contribution < -0.4 is 0 Å². The standard InChI is InChI=1S/C22H16ClN3/c23-16-10-8-14(9-11-16)20-12-15-13-24-22(25-17-4-3-5-17)26-21(15)19-7-2-1-6-18(19)20/h1-4,6-11,13,20H,5,12H2. The highest BCUT2D eigenvalue weighted by Crippen LogP contribution is 2.42. The van der Waals surface area contributed by atoms with E-state index in [1.165, 1.54) is 16.7 Å². The molecule has 4 heteroatoms. The molecule has 5 rings (SSSR count). The lowest BCUT2D eigenvalue weighted by atomic mass is 9.78. The zero-order valence-corrected chi connectivity index (χ0v) is 14.8. The summed E-state index contributed by atoms with van der Waals surface area (Å²) in [7, 11) is 0. The maximum Gasteiger partial charge on any atom is 0.250 e. The molecule has 2 aromatic carbocycles. The minimum Gasteiger partial charge on any atom is -0.219 e. The van der Waals surface area contributed by atoms with Gasteiger partial charge in [-0.25, -0.2) is 15.0 Å². The molecular formula is C22H16ClN3. The highest BCUT2D eigenvalue weighted by molar-refractivity contribution is 6.30. The van der Waals surface area contributed by atoms with Gasteiger partial charge in [-0.1, -0.05) is 54.1 Å². The molecule has 0 fully saturated rings. The van der Waals surface area contributed by atoms with Crippen LogP contribution in [0.15, 0.2) is 71.9 Å². The average molecular weight is 358 g/mol. The van der Waals surface area contributed by atoms with Gasteiger partial charge in [-0.15, -0.1) is 0 Å². The molecular weight excluding hydrogens is 342 g/mol. The fourth-order valence-corrected chi connectivity index (χ4v) is 3.73. The van der Waals surface area contributed by atoms with E-state index in [9.17, 15) is 0 Å². The Kier molecular flexibility index (Phi) is 3.68. The Hall–Kier alpha value is -2.78. The summed E-state index contributed by atoms with van der Waals surface area (Å²) >= 11 is 6.07. The maximum atomic E-state index is 6.07. The van der Waals surface area contributed by atoms with Crippen LogP contribution in [0.25, 0.3) is 11.3 Å². The molecule has 0 spiro atoms. The van der Waals surface area contributed by atoms with Crippen LogP contribution in [-0.4, -0.2) is 15.7 Å². The largest absolute Gasteiger partial charge is 0.250 e. The van der Waals surface area contributed by atoms with Crippen LogP contribution in [0.2, 0.25) is 5.02 Å². The van der Waals surface area contributed by atoms with Gasteiger partial charge in [-0.3, -0.25) is 0 Å². The van der Waals surface area contributed by atoms with Crippen molar-refractivity contribution in [2.24, 2.45) is 4.99 Å². The van der Waals surface area contributed by atoms with E-state index in [4.69, 9.17) is 16.6 Å². The average Bonchev–Trinajstić information content (AvgIpc) is 2.65. The summed E-state index contributed by atoms with van der Waals surface area (Å²) in [6.07, 6.45) is 7.81. The Morgan fingerprint density at radius 2 is 1.85 bits per heavy atom. The molecule has 0 saturated heterocycles. The number of aliphatic imine (C=N–C) groups is 1. The van der Waals surface area contributed by atoms with Crippen molar-refractivity contribution in [1.29, 1.82) is 0 Å². The first kappa shape index (κ1) is 15.5. The number of allylic oxidation sites excluding steroid dienone is 2. The van der Waals surface area contributed by atoms with Crippen LogP contribution in [0.1, 0.15) is 29.0 Å². The fraction of sp³-hybridized carbons (Fsp3) is 0.136. The third-order valence-electron chi connectivity index (χ3n) is 5.02. The quantitative estimate of drug-likeness (QED) is 0.605. The number of rotatable bonds is 2. The molecule has 26 heavy (non-hydrogen) atoms. The van der Waals surface area contributed by atoms with Crippen LogP contribution >= 0.6 is 11.6 Å². The Labute approximate surface area is 157 Å². The van der Waals surface area contributed by atoms with Gasteiger partial charge in [0.25, 0.3) is 0 Å². The second-order valence-electron chi connectivity index (χ2n) is 6.65. The lowest BCUT2D eigenvalue weighted by Gasteiger charge is -2.27. The smallest absolute Gasteiger partial charge is 0.219 e. The van der Waals surface area contributed by atoms with Gasteiger partial charge in [0.1, 0.15) is 0 Å². The topological polar surface area (TPSA) is 38.1 Å². The first-order valence-corrected chi connectivity index (χ1v) is 9.10. The number of benzene rings is 2. The molecule has 0 saturated carbocycles. The van der Waals surface area contributed by atoms with E-state index in [1.54, 1.807) is 0 Å². The molecule has 0 amide bonds. The van der Waals surface area contributed by atoms with Gasteiger partial charge in [-0.2, -0.15) is 0 Å². The molecule has 0 N–H and O–H groups in total. The Bertz CT molecular complexity index is 1050. The van der Waals surface area contributed by atoms with E-state index >= 15 is 0 Å². The molecule has 3 nitrogen and oxygen atoms in total. The van der Waals surface area contributed by atoms with Gasteiger partial charge in [0.2, 0.25) is 5.95 Å². The lowest BCUT2D eigenvalue weighted by molar-refractivity contribution is 0.782. The molecule has 1 heterocycles. The van der Waals surface area contributed by atoms with Gasteiger partial charge in [0.15, 0.2) is 0 Å². The van der Waals surface area contributed by atoms with Crippen molar-refractivity contribution in [2.75, 3.05) is 0 Å². The maximum absolute atomic E-state index is 6.07.